The maximum atomic E-state index is 12.8. The Bertz CT molecular complexity index is 1070. The van der Waals surface area contributed by atoms with Crippen molar-refractivity contribution in [3.8, 4) is 5.75 Å². The average Bonchev–Trinajstić information content (AvgIpc) is 3.32. The van der Waals surface area contributed by atoms with Crippen molar-refractivity contribution in [2.75, 3.05) is 24.4 Å². The van der Waals surface area contributed by atoms with E-state index in [1.165, 1.54) is 11.3 Å². The van der Waals surface area contributed by atoms with E-state index in [-0.39, 0.29) is 17.9 Å². The lowest BCUT2D eigenvalue weighted by molar-refractivity contribution is -0.116. The van der Waals surface area contributed by atoms with Crippen LogP contribution in [0.3, 0.4) is 0 Å². The number of rotatable bonds is 12. The molecule has 0 saturated carbocycles. The summed E-state index contributed by atoms with van der Waals surface area (Å²) in [5.74, 6) is 0.423. The van der Waals surface area contributed by atoms with Crippen molar-refractivity contribution >= 4 is 34.0 Å². The predicted molar refractivity (Wildman–Crippen MR) is 136 cm³/mol. The summed E-state index contributed by atoms with van der Waals surface area (Å²) < 4.78 is 11.2. The van der Waals surface area contributed by atoms with Gasteiger partial charge < -0.3 is 14.8 Å². The maximum Gasteiger partial charge on any atom is 0.257 e. The molecule has 0 spiro atoms. The largest absolute Gasteiger partial charge is 0.488 e. The second-order valence-electron chi connectivity index (χ2n) is 8.04. The molecule has 0 unspecified atom stereocenters. The molecule has 8 heteroatoms. The van der Waals surface area contributed by atoms with Crippen molar-refractivity contribution in [2.24, 2.45) is 0 Å². The molecule has 0 radical (unpaired) electrons. The summed E-state index contributed by atoms with van der Waals surface area (Å²) in [4.78, 5) is 28.7. The lowest BCUT2D eigenvalue weighted by Gasteiger charge is -2.16. The van der Waals surface area contributed by atoms with Gasteiger partial charge in [0.2, 0.25) is 5.91 Å². The number of hydrogen-bond donors (Lipinski definition) is 2. The number of hydrogen-bond acceptors (Lipinski definition) is 6. The Hall–Kier alpha value is -3.23. The highest BCUT2D eigenvalue weighted by molar-refractivity contribution is 7.13. The van der Waals surface area contributed by atoms with E-state index in [2.05, 4.69) is 15.6 Å². The molecule has 34 heavy (non-hydrogen) atoms. The Morgan fingerprint density at radius 2 is 1.82 bits per heavy atom. The molecule has 1 heterocycles. The van der Waals surface area contributed by atoms with Gasteiger partial charge in [0, 0.05) is 36.4 Å². The Balaban J connectivity index is 1.71. The topological polar surface area (TPSA) is 89.5 Å². The first-order chi connectivity index (χ1) is 16.5. The molecule has 7 nitrogen and oxygen atoms in total. The second-order valence-corrected chi connectivity index (χ2v) is 8.93. The highest BCUT2D eigenvalue weighted by atomic mass is 32.1. The van der Waals surface area contributed by atoms with Crippen molar-refractivity contribution in [1.29, 1.82) is 0 Å². The van der Waals surface area contributed by atoms with Gasteiger partial charge in [-0.25, -0.2) is 4.98 Å². The van der Waals surface area contributed by atoms with Gasteiger partial charge in [-0.05, 0) is 67.6 Å². The fraction of sp³-hybridized carbons (Fsp3) is 0.346. The summed E-state index contributed by atoms with van der Waals surface area (Å²) in [6.45, 7) is 4.35. The first kappa shape index (κ1) is 25.4. The number of carbonyl (C=O) groups excluding carboxylic acids is 2. The summed E-state index contributed by atoms with van der Waals surface area (Å²) in [5.41, 5.74) is 3.44. The van der Waals surface area contributed by atoms with Crippen LogP contribution in [0.1, 0.15) is 48.2 Å². The molecule has 180 valence electrons. The quantitative estimate of drug-likeness (QED) is 0.365. The second kappa shape index (κ2) is 12.9. The normalized spacial score (nSPS) is 11.6. The maximum absolute atomic E-state index is 12.8. The molecule has 0 aliphatic rings. The number of carbonyl (C=O) groups is 2. The zero-order valence-electron chi connectivity index (χ0n) is 19.8. The van der Waals surface area contributed by atoms with Crippen LogP contribution in [0, 0.1) is 0 Å². The van der Waals surface area contributed by atoms with E-state index in [1.807, 2.05) is 55.6 Å². The zero-order chi connectivity index (χ0) is 24.3. The Morgan fingerprint density at radius 3 is 2.50 bits per heavy atom. The highest BCUT2D eigenvalue weighted by Gasteiger charge is 2.13. The molecule has 2 N–H and O–H groups in total. The van der Waals surface area contributed by atoms with Crippen LogP contribution in [-0.4, -0.2) is 36.6 Å². The summed E-state index contributed by atoms with van der Waals surface area (Å²) in [6.07, 6.45) is 4.36. The van der Waals surface area contributed by atoms with E-state index in [4.69, 9.17) is 9.47 Å². The number of thiazole rings is 1. The van der Waals surface area contributed by atoms with Crippen LogP contribution in [0.4, 0.5) is 10.8 Å². The minimum absolute atomic E-state index is 0.0262. The molecule has 3 rings (SSSR count). The van der Waals surface area contributed by atoms with Crippen molar-refractivity contribution in [1.82, 2.24) is 4.98 Å². The molecule has 0 fully saturated rings. The molecule has 1 atom stereocenters. The Labute approximate surface area is 204 Å². The molecule has 0 aliphatic carbocycles. The van der Waals surface area contributed by atoms with Gasteiger partial charge in [0.1, 0.15) is 11.9 Å². The molecule has 0 saturated heterocycles. The number of benzene rings is 2. The van der Waals surface area contributed by atoms with E-state index in [0.29, 0.717) is 29.5 Å². The molecule has 0 bridgehead atoms. The fourth-order valence-electron chi connectivity index (χ4n) is 3.45. The Morgan fingerprint density at radius 1 is 1.06 bits per heavy atom. The number of nitrogens with one attached hydrogen (secondary N) is 2. The summed E-state index contributed by atoms with van der Waals surface area (Å²) in [7, 11) is 1.63. The van der Waals surface area contributed by atoms with Crippen molar-refractivity contribution in [3.63, 3.8) is 0 Å². The Kier molecular flexibility index (Phi) is 9.61. The van der Waals surface area contributed by atoms with Crippen LogP contribution < -0.4 is 15.4 Å². The minimum Gasteiger partial charge on any atom is -0.488 e. The van der Waals surface area contributed by atoms with Gasteiger partial charge in [0.05, 0.1) is 6.61 Å². The molecular formula is C26H31N3O4S. The van der Waals surface area contributed by atoms with Crippen LogP contribution in [0.15, 0.2) is 54.0 Å². The number of aryl methyl sites for hydroxylation is 2. The van der Waals surface area contributed by atoms with Gasteiger partial charge >= 0.3 is 0 Å². The van der Waals surface area contributed by atoms with Gasteiger partial charge in [0.15, 0.2) is 5.13 Å². The van der Waals surface area contributed by atoms with Crippen molar-refractivity contribution < 1.29 is 19.1 Å². The third-order valence-corrected chi connectivity index (χ3v) is 5.73. The van der Waals surface area contributed by atoms with Gasteiger partial charge in [0.25, 0.3) is 5.91 Å². The van der Waals surface area contributed by atoms with Crippen LogP contribution in [0.25, 0.3) is 0 Å². The third-order valence-electron chi connectivity index (χ3n) is 5.04. The number of nitrogens with zero attached hydrogens (tertiary/aromatic N) is 1. The first-order valence-electron chi connectivity index (χ1n) is 11.4. The van der Waals surface area contributed by atoms with Crippen LogP contribution >= 0.6 is 11.3 Å². The highest BCUT2D eigenvalue weighted by Crippen LogP contribution is 2.22. The molecule has 3 aromatic rings. The number of anilines is 2. The zero-order valence-corrected chi connectivity index (χ0v) is 20.6. The summed E-state index contributed by atoms with van der Waals surface area (Å²) in [5, 5.41) is 8.10. The molecule has 2 aromatic carbocycles. The number of aromatic nitrogens is 1. The van der Waals surface area contributed by atoms with Crippen LogP contribution in [0.2, 0.25) is 0 Å². The van der Waals surface area contributed by atoms with Gasteiger partial charge in [-0.2, -0.15) is 0 Å². The smallest absolute Gasteiger partial charge is 0.257 e. The molecule has 0 aliphatic heterocycles. The van der Waals surface area contributed by atoms with Crippen LogP contribution in [-0.2, 0) is 22.4 Å². The number of methoxy groups -OCH3 is 1. The van der Waals surface area contributed by atoms with Crippen molar-refractivity contribution in [3.05, 3.63) is 70.7 Å². The molecular weight excluding hydrogens is 450 g/mol. The van der Waals surface area contributed by atoms with E-state index in [1.54, 1.807) is 19.4 Å². The predicted octanol–water partition coefficient (Wildman–Crippen LogP) is 5.33. The van der Waals surface area contributed by atoms with Gasteiger partial charge in [-0.15, -0.1) is 11.3 Å². The monoisotopic (exact) mass is 481 g/mol. The van der Waals surface area contributed by atoms with E-state index >= 15 is 0 Å². The SMILES string of the molecule is CCCC(=O)Nc1ccc(CCc2cc(O[C@@H](C)COC)cc(C(=O)Nc3nccs3)c2)cc1. The number of ether oxygens (including phenoxy) is 2. The third kappa shape index (κ3) is 7.97. The standard InChI is InChI=1S/C26H31N3O4S/c1-4-5-24(30)28-22-10-8-19(9-11-22)6-7-20-14-21(25(31)29-26-27-12-13-34-26)16-23(15-20)33-18(2)17-32-3/h8-16,18H,4-7,17H2,1-3H3,(H,28,30)(H,27,29,31)/t18-/m0/s1. The van der Waals surface area contributed by atoms with Crippen molar-refractivity contribution in [2.45, 2.75) is 45.6 Å². The average molecular weight is 482 g/mol. The lowest BCUT2D eigenvalue weighted by atomic mass is 10.0. The van der Waals surface area contributed by atoms with Gasteiger partial charge in [-0.3, -0.25) is 14.9 Å². The van der Waals surface area contributed by atoms with E-state index < -0.39 is 0 Å². The first-order valence-corrected chi connectivity index (χ1v) is 12.2. The van der Waals surface area contributed by atoms with E-state index in [9.17, 15) is 9.59 Å². The number of amides is 2. The van der Waals surface area contributed by atoms with E-state index in [0.717, 1.165) is 36.1 Å². The summed E-state index contributed by atoms with van der Waals surface area (Å²) in [6, 6.07) is 13.5. The summed E-state index contributed by atoms with van der Waals surface area (Å²) >= 11 is 1.37. The molecule has 2 amide bonds. The van der Waals surface area contributed by atoms with Crippen LogP contribution in [0.5, 0.6) is 5.75 Å². The lowest BCUT2D eigenvalue weighted by Crippen LogP contribution is -2.19. The molecule has 1 aromatic heterocycles. The van der Waals surface area contributed by atoms with Gasteiger partial charge in [-0.1, -0.05) is 19.1 Å². The fourth-order valence-corrected chi connectivity index (χ4v) is 3.98. The minimum atomic E-state index is -0.229.